The highest BCUT2D eigenvalue weighted by Gasteiger charge is 2.46. The number of nitrogens with zero attached hydrogens (tertiary/aromatic N) is 1. The molecule has 0 unspecified atom stereocenters. The highest BCUT2D eigenvalue weighted by atomic mass is 16.5. The lowest BCUT2D eigenvalue weighted by molar-refractivity contribution is -0.152. The average molecular weight is 352 g/mol. The lowest BCUT2D eigenvalue weighted by atomic mass is 9.72. The predicted octanol–water partition coefficient (Wildman–Crippen LogP) is 3.24. The van der Waals surface area contributed by atoms with Gasteiger partial charge >= 0.3 is 5.97 Å². The minimum atomic E-state index is -0.177. The summed E-state index contributed by atoms with van der Waals surface area (Å²) in [6, 6.07) is 7.74. The van der Waals surface area contributed by atoms with Gasteiger partial charge in [0.2, 0.25) is 0 Å². The number of amides is 1. The van der Waals surface area contributed by atoms with Gasteiger partial charge < -0.3 is 14.6 Å². The van der Waals surface area contributed by atoms with Gasteiger partial charge in [0.25, 0.3) is 5.91 Å². The highest BCUT2D eigenvalue weighted by molar-refractivity contribution is 6.05. The number of aromatic amines is 1. The summed E-state index contributed by atoms with van der Waals surface area (Å²) in [6.07, 6.45) is 6.13. The van der Waals surface area contributed by atoms with Crippen LogP contribution in [-0.4, -0.2) is 41.5 Å². The molecule has 0 radical (unpaired) electrons. The van der Waals surface area contributed by atoms with E-state index in [9.17, 15) is 9.59 Å². The van der Waals surface area contributed by atoms with Gasteiger partial charge in [-0.25, -0.2) is 0 Å². The molecule has 0 saturated carbocycles. The van der Waals surface area contributed by atoms with Gasteiger partial charge in [-0.1, -0.05) is 31.2 Å². The number of fused-ring (bicyclic) bond motifs is 2. The third-order valence-electron chi connectivity index (χ3n) is 5.77. The molecule has 1 N–H and O–H groups in total. The number of allylic oxidation sites excluding steroid dienone is 1. The molecule has 2 aliphatic rings. The van der Waals surface area contributed by atoms with E-state index in [1.807, 2.05) is 42.3 Å². The van der Waals surface area contributed by atoms with E-state index in [1.165, 1.54) is 0 Å². The molecule has 4 rings (SSSR count). The largest absolute Gasteiger partial charge is 0.466 e. The molecular formula is C21H24N2O3. The van der Waals surface area contributed by atoms with Crippen molar-refractivity contribution in [1.82, 2.24) is 9.88 Å². The lowest BCUT2D eigenvalue weighted by Crippen LogP contribution is -2.37. The minimum absolute atomic E-state index is 0.0242. The number of aromatic nitrogens is 1. The number of rotatable bonds is 3. The summed E-state index contributed by atoms with van der Waals surface area (Å²) in [7, 11) is 0. The van der Waals surface area contributed by atoms with Crippen LogP contribution in [0, 0.1) is 23.7 Å². The van der Waals surface area contributed by atoms with Gasteiger partial charge in [-0.3, -0.25) is 9.59 Å². The first-order valence-electron chi connectivity index (χ1n) is 9.30. The Kier molecular flexibility index (Phi) is 4.31. The number of esters is 1. The number of para-hydroxylation sites is 1. The van der Waals surface area contributed by atoms with Crippen molar-refractivity contribution in [2.24, 2.45) is 23.7 Å². The van der Waals surface area contributed by atoms with Gasteiger partial charge in [0.1, 0.15) is 0 Å². The molecular weight excluding hydrogens is 328 g/mol. The van der Waals surface area contributed by atoms with E-state index in [0.717, 1.165) is 10.9 Å². The van der Waals surface area contributed by atoms with E-state index < -0.39 is 0 Å². The summed E-state index contributed by atoms with van der Waals surface area (Å²) >= 11 is 0. The van der Waals surface area contributed by atoms with Gasteiger partial charge in [-0.15, -0.1) is 0 Å². The zero-order valence-corrected chi connectivity index (χ0v) is 15.1. The van der Waals surface area contributed by atoms with Crippen LogP contribution >= 0.6 is 0 Å². The van der Waals surface area contributed by atoms with Crippen LogP contribution in [0.4, 0.5) is 0 Å². The molecule has 5 heteroatoms. The Bertz CT molecular complexity index is 869. The monoisotopic (exact) mass is 352 g/mol. The number of carbonyl (C=O) groups excluding carboxylic acids is 2. The molecule has 1 fully saturated rings. The standard InChI is InChI=1S/C21H24N2O3/c1-3-26-21(25)18-13(2)7-8-15-11-23(12-17(15)18)20(24)16-6-4-5-14-9-10-22-19(14)16/h4-10,13,15,17-18,22H,3,11-12H2,1-2H3/t13-,15-,17-,18-/m0/s1. The van der Waals surface area contributed by atoms with Crippen LogP contribution in [0.3, 0.4) is 0 Å². The maximum Gasteiger partial charge on any atom is 0.309 e. The second-order valence-corrected chi connectivity index (χ2v) is 7.31. The smallest absolute Gasteiger partial charge is 0.309 e. The summed E-state index contributed by atoms with van der Waals surface area (Å²) in [4.78, 5) is 30.7. The molecule has 4 atom stereocenters. The zero-order chi connectivity index (χ0) is 18.3. The van der Waals surface area contributed by atoms with Gasteiger partial charge in [-0.2, -0.15) is 0 Å². The molecule has 0 bridgehead atoms. The quantitative estimate of drug-likeness (QED) is 0.681. The Balaban J connectivity index is 1.59. The molecule has 26 heavy (non-hydrogen) atoms. The molecule has 1 aromatic carbocycles. The molecule has 1 aliphatic carbocycles. The zero-order valence-electron chi connectivity index (χ0n) is 15.1. The summed E-state index contributed by atoms with van der Waals surface area (Å²) < 4.78 is 5.31. The molecule has 2 aromatic rings. The van der Waals surface area contributed by atoms with Crippen LogP contribution in [0.5, 0.6) is 0 Å². The average Bonchev–Trinajstić information content (AvgIpc) is 3.27. The number of ether oxygens (including phenoxy) is 1. The third-order valence-corrected chi connectivity index (χ3v) is 5.77. The SMILES string of the molecule is CCOC(=O)[C@@H]1[C@H]2CN(C(=O)c3cccc4cc[nH]c34)C[C@@H]2C=C[C@@H]1C. The molecule has 1 saturated heterocycles. The Hall–Kier alpha value is -2.56. The maximum atomic E-state index is 13.2. The Labute approximate surface area is 153 Å². The minimum Gasteiger partial charge on any atom is -0.466 e. The second-order valence-electron chi connectivity index (χ2n) is 7.31. The summed E-state index contributed by atoms with van der Waals surface area (Å²) in [5, 5.41) is 1.03. The van der Waals surface area contributed by atoms with Gasteiger partial charge in [-0.05, 0) is 36.8 Å². The number of likely N-dealkylation sites (tertiary alicyclic amines) is 1. The van der Waals surface area contributed by atoms with E-state index in [-0.39, 0.29) is 35.5 Å². The summed E-state index contributed by atoms with van der Waals surface area (Å²) in [6.45, 7) is 5.53. The molecule has 0 spiro atoms. The Morgan fingerprint density at radius 2 is 2.08 bits per heavy atom. The second kappa shape index (κ2) is 6.63. The fraction of sp³-hybridized carbons (Fsp3) is 0.429. The van der Waals surface area contributed by atoms with Crippen molar-refractivity contribution >= 4 is 22.8 Å². The van der Waals surface area contributed by atoms with Crippen LogP contribution in [0.1, 0.15) is 24.2 Å². The molecule has 136 valence electrons. The normalized spacial score (nSPS) is 27.5. The van der Waals surface area contributed by atoms with Gasteiger partial charge in [0.05, 0.1) is 23.6 Å². The number of carbonyl (C=O) groups is 2. The number of nitrogens with one attached hydrogen (secondary N) is 1. The first-order chi connectivity index (χ1) is 12.6. The van der Waals surface area contributed by atoms with Crippen LogP contribution < -0.4 is 0 Å². The van der Waals surface area contributed by atoms with Gasteiger partial charge in [0.15, 0.2) is 0 Å². The van der Waals surface area contributed by atoms with Gasteiger partial charge in [0, 0.05) is 24.7 Å². The molecule has 5 nitrogen and oxygen atoms in total. The number of H-pyrrole nitrogens is 1. The van der Waals surface area contributed by atoms with E-state index in [0.29, 0.717) is 25.3 Å². The Morgan fingerprint density at radius 1 is 1.23 bits per heavy atom. The van der Waals surface area contributed by atoms with E-state index in [2.05, 4.69) is 24.1 Å². The number of hydrogen-bond acceptors (Lipinski definition) is 3. The van der Waals surface area contributed by atoms with Crippen molar-refractivity contribution in [2.75, 3.05) is 19.7 Å². The molecule has 2 heterocycles. The number of hydrogen-bond donors (Lipinski definition) is 1. The van der Waals surface area contributed by atoms with Crippen molar-refractivity contribution in [3.63, 3.8) is 0 Å². The summed E-state index contributed by atoms with van der Waals surface area (Å²) in [5.41, 5.74) is 1.56. The van der Waals surface area contributed by atoms with Crippen molar-refractivity contribution < 1.29 is 14.3 Å². The van der Waals surface area contributed by atoms with Crippen LogP contribution in [0.15, 0.2) is 42.6 Å². The highest BCUT2D eigenvalue weighted by Crippen LogP contribution is 2.40. The number of benzene rings is 1. The molecule has 1 amide bonds. The summed E-state index contributed by atoms with van der Waals surface area (Å²) in [5.74, 6) is 0.186. The topological polar surface area (TPSA) is 62.4 Å². The van der Waals surface area contributed by atoms with E-state index >= 15 is 0 Å². The van der Waals surface area contributed by atoms with Crippen LogP contribution in [0.25, 0.3) is 10.9 Å². The van der Waals surface area contributed by atoms with E-state index in [4.69, 9.17) is 4.74 Å². The Morgan fingerprint density at radius 3 is 2.88 bits per heavy atom. The molecule has 1 aromatic heterocycles. The van der Waals surface area contributed by atoms with Crippen molar-refractivity contribution in [1.29, 1.82) is 0 Å². The third kappa shape index (κ3) is 2.71. The maximum absolute atomic E-state index is 13.2. The van der Waals surface area contributed by atoms with Crippen LogP contribution in [0.2, 0.25) is 0 Å². The van der Waals surface area contributed by atoms with E-state index in [1.54, 1.807) is 0 Å². The molecule has 1 aliphatic heterocycles. The fourth-order valence-electron chi connectivity index (χ4n) is 4.49. The fourth-order valence-corrected chi connectivity index (χ4v) is 4.49. The first-order valence-corrected chi connectivity index (χ1v) is 9.30. The lowest BCUT2D eigenvalue weighted by Gasteiger charge is -2.31. The van der Waals surface area contributed by atoms with Crippen molar-refractivity contribution in [2.45, 2.75) is 13.8 Å². The first kappa shape index (κ1) is 16.9. The van der Waals surface area contributed by atoms with Crippen molar-refractivity contribution in [3.05, 3.63) is 48.2 Å². The van der Waals surface area contributed by atoms with Crippen LogP contribution in [-0.2, 0) is 9.53 Å². The van der Waals surface area contributed by atoms with Crippen molar-refractivity contribution in [3.8, 4) is 0 Å². The predicted molar refractivity (Wildman–Crippen MR) is 99.6 cm³/mol.